The number of aryl methyl sites for hydroxylation is 1. The summed E-state index contributed by atoms with van der Waals surface area (Å²) in [6, 6.07) is 1.48. The van der Waals surface area contributed by atoms with E-state index < -0.39 is 15.8 Å². The lowest BCUT2D eigenvalue weighted by molar-refractivity contribution is 0.0518. The van der Waals surface area contributed by atoms with Gasteiger partial charge in [0, 0.05) is 0 Å². The Hall–Kier alpha value is -1.37. The van der Waals surface area contributed by atoms with Gasteiger partial charge < -0.3 is 4.74 Å². The highest BCUT2D eigenvalue weighted by atomic mass is 32.2. The molecule has 7 heteroatoms. The number of hydrogen-bond donors (Lipinski definition) is 0. The maximum Gasteiger partial charge on any atom is 0.358 e. The fourth-order valence-corrected chi connectivity index (χ4v) is 2.87. The zero-order valence-electron chi connectivity index (χ0n) is 8.84. The summed E-state index contributed by atoms with van der Waals surface area (Å²) in [6.07, 6.45) is 0. The van der Waals surface area contributed by atoms with Crippen LogP contribution in [0.5, 0.6) is 0 Å². The Kier molecular flexibility index (Phi) is 2.71. The number of esters is 1. The van der Waals surface area contributed by atoms with E-state index in [1.807, 2.05) is 0 Å². The van der Waals surface area contributed by atoms with E-state index in [1.165, 1.54) is 6.07 Å². The molecule has 1 aromatic rings. The van der Waals surface area contributed by atoms with Crippen molar-refractivity contribution in [2.24, 2.45) is 0 Å². The van der Waals surface area contributed by atoms with Crippen molar-refractivity contribution in [3.05, 3.63) is 17.5 Å². The van der Waals surface area contributed by atoms with Crippen LogP contribution in [0.15, 0.2) is 6.07 Å². The monoisotopic (exact) mass is 244 g/mol. The van der Waals surface area contributed by atoms with Crippen molar-refractivity contribution in [2.45, 2.75) is 19.2 Å². The molecule has 0 N–H and O–H groups in total. The molecule has 0 radical (unpaired) electrons. The third-order valence-electron chi connectivity index (χ3n) is 2.33. The van der Waals surface area contributed by atoms with Gasteiger partial charge in [0.1, 0.15) is 0 Å². The van der Waals surface area contributed by atoms with Crippen LogP contribution < -0.4 is 0 Å². The number of nitrogens with zero attached hydrogens (tertiary/aromatic N) is 2. The molecule has 0 fully saturated rings. The molecule has 2 rings (SSSR count). The van der Waals surface area contributed by atoms with Gasteiger partial charge in [0.15, 0.2) is 15.5 Å². The number of fused-ring (bicyclic) bond motifs is 1. The van der Waals surface area contributed by atoms with E-state index in [-0.39, 0.29) is 23.8 Å². The van der Waals surface area contributed by atoms with Crippen LogP contribution in [-0.4, -0.2) is 36.5 Å². The molecule has 1 aliphatic rings. The Morgan fingerprint density at radius 3 is 3.06 bits per heavy atom. The van der Waals surface area contributed by atoms with Crippen LogP contribution in [0.25, 0.3) is 0 Å². The molecule has 16 heavy (non-hydrogen) atoms. The van der Waals surface area contributed by atoms with Crippen molar-refractivity contribution < 1.29 is 17.9 Å². The quantitative estimate of drug-likeness (QED) is 0.684. The van der Waals surface area contributed by atoms with E-state index in [0.717, 1.165) is 0 Å². The molecule has 0 spiro atoms. The van der Waals surface area contributed by atoms with Gasteiger partial charge in [0.2, 0.25) is 0 Å². The van der Waals surface area contributed by atoms with E-state index in [2.05, 4.69) is 5.10 Å². The first kappa shape index (κ1) is 11.1. The summed E-state index contributed by atoms with van der Waals surface area (Å²) in [5.41, 5.74) is 0.725. The second-order valence-corrected chi connectivity index (χ2v) is 5.74. The summed E-state index contributed by atoms with van der Waals surface area (Å²) >= 11 is 0. The molecule has 0 saturated heterocycles. The normalized spacial score (nSPS) is 17.8. The van der Waals surface area contributed by atoms with Crippen molar-refractivity contribution >= 4 is 15.8 Å². The van der Waals surface area contributed by atoms with E-state index >= 15 is 0 Å². The van der Waals surface area contributed by atoms with Crippen molar-refractivity contribution in [1.29, 1.82) is 0 Å². The Labute approximate surface area is 93.1 Å². The van der Waals surface area contributed by atoms with Crippen LogP contribution in [0.3, 0.4) is 0 Å². The molecule has 88 valence electrons. The SMILES string of the molecule is CCOC(=O)c1cc2n(n1)CCS(=O)(=O)C2. The van der Waals surface area contributed by atoms with Gasteiger partial charge in [-0.05, 0) is 13.0 Å². The lowest BCUT2D eigenvalue weighted by Gasteiger charge is -2.13. The zero-order chi connectivity index (χ0) is 11.8. The highest BCUT2D eigenvalue weighted by Gasteiger charge is 2.24. The van der Waals surface area contributed by atoms with Gasteiger partial charge in [-0.25, -0.2) is 13.2 Å². The van der Waals surface area contributed by atoms with Crippen molar-refractivity contribution in [3.63, 3.8) is 0 Å². The Bertz CT molecular complexity index is 518. The molecule has 0 atom stereocenters. The molecule has 0 amide bonds. The number of aromatic nitrogens is 2. The average Bonchev–Trinajstić information content (AvgIpc) is 2.59. The summed E-state index contributed by atoms with van der Waals surface area (Å²) < 4.78 is 29.1. The first-order chi connectivity index (χ1) is 7.52. The largest absolute Gasteiger partial charge is 0.461 e. The second-order valence-electron chi connectivity index (χ2n) is 3.56. The fourth-order valence-electron chi connectivity index (χ4n) is 1.59. The number of ether oxygens (including phenoxy) is 1. The van der Waals surface area contributed by atoms with E-state index in [1.54, 1.807) is 11.6 Å². The first-order valence-electron chi connectivity index (χ1n) is 4.96. The maximum atomic E-state index is 11.4. The van der Waals surface area contributed by atoms with E-state index in [0.29, 0.717) is 12.2 Å². The van der Waals surface area contributed by atoms with Crippen molar-refractivity contribution in [1.82, 2.24) is 9.78 Å². The fraction of sp³-hybridized carbons (Fsp3) is 0.556. The van der Waals surface area contributed by atoms with Crippen LogP contribution in [0.1, 0.15) is 23.1 Å². The minimum absolute atomic E-state index is 0.0561. The zero-order valence-corrected chi connectivity index (χ0v) is 9.66. The summed E-state index contributed by atoms with van der Waals surface area (Å²) in [5, 5.41) is 4.01. The highest BCUT2D eigenvalue weighted by Crippen LogP contribution is 2.15. The molecule has 0 bridgehead atoms. The van der Waals surface area contributed by atoms with Gasteiger partial charge in [0.25, 0.3) is 0 Å². The van der Waals surface area contributed by atoms with Crippen LogP contribution >= 0.6 is 0 Å². The Morgan fingerprint density at radius 2 is 2.38 bits per heavy atom. The lowest BCUT2D eigenvalue weighted by Crippen LogP contribution is -2.24. The summed E-state index contributed by atoms with van der Waals surface area (Å²) in [4.78, 5) is 11.4. The summed E-state index contributed by atoms with van der Waals surface area (Å²) in [6.45, 7) is 2.29. The minimum atomic E-state index is -3.03. The van der Waals surface area contributed by atoms with E-state index in [4.69, 9.17) is 4.74 Å². The standard InChI is InChI=1S/C9H12N2O4S/c1-2-15-9(12)8-5-7-6-16(13,14)4-3-11(7)10-8/h5H,2-4,6H2,1H3. The number of carbonyl (C=O) groups is 1. The Balaban J connectivity index is 2.28. The number of sulfone groups is 1. The van der Waals surface area contributed by atoms with Crippen molar-refractivity contribution in [2.75, 3.05) is 12.4 Å². The lowest BCUT2D eigenvalue weighted by atomic mass is 10.4. The number of carbonyl (C=O) groups excluding carboxylic acids is 1. The van der Waals surface area contributed by atoms with Gasteiger partial charge in [-0.3, -0.25) is 4.68 Å². The highest BCUT2D eigenvalue weighted by molar-refractivity contribution is 7.90. The molecule has 0 unspecified atom stereocenters. The van der Waals surface area contributed by atoms with Gasteiger partial charge in [-0.2, -0.15) is 5.10 Å². The summed E-state index contributed by atoms with van der Waals surface area (Å²) in [5.74, 6) is -0.495. The molecule has 0 aliphatic carbocycles. The van der Waals surface area contributed by atoms with Gasteiger partial charge >= 0.3 is 5.97 Å². The molecule has 1 aromatic heterocycles. The van der Waals surface area contributed by atoms with E-state index in [9.17, 15) is 13.2 Å². The predicted octanol–water partition coefficient (Wildman–Crippen LogP) is -0.0118. The van der Waals surface area contributed by atoms with Crippen LogP contribution in [-0.2, 0) is 26.9 Å². The number of hydrogen-bond acceptors (Lipinski definition) is 5. The van der Waals surface area contributed by atoms with Crippen molar-refractivity contribution in [3.8, 4) is 0 Å². The third kappa shape index (κ3) is 2.08. The third-order valence-corrected chi connectivity index (χ3v) is 3.87. The smallest absolute Gasteiger partial charge is 0.358 e. The molecule has 2 heterocycles. The molecule has 0 aromatic carbocycles. The summed E-state index contributed by atoms with van der Waals surface area (Å²) in [7, 11) is -3.03. The average molecular weight is 244 g/mol. The maximum absolute atomic E-state index is 11.4. The molecule has 0 saturated carbocycles. The Morgan fingerprint density at radius 1 is 1.62 bits per heavy atom. The van der Waals surface area contributed by atoms with Gasteiger partial charge in [0.05, 0.1) is 30.4 Å². The van der Waals surface area contributed by atoms with Gasteiger partial charge in [-0.15, -0.1) is 0 Å². The molecular weight excluding hydrogens is 232 g/mol. The number of rotatable bonds is 2. The van der Waals surface area contributed by atoms with Crippen LogP contribution in [0, 0.1) is 0 Å². The van der Waals surface area contributed by atoms with Gasteiger partial charge in [-0.1, -0.05) is 0 Å². The first-order valence-corrected chi connectivity index (χ1v) is 6.78. The minimum Gasteiger partial charge on any atom is -0.461 e. The molecule has 1 aliphatic heterocycles. The second kappa shape index (κ2) is 3.89. The topological polar surface area (TPSA) is 78.3 Å². The molecule has 6 nitrogen and oxygen atoms in total. The molecular formula is C9H12N2O4S. The van der Waals surface area contributed by atoms with Crippen LogP contribution in [0.4, 0.5) is 0 Å². The van der Waals surface area contributed by atoms with Crippen LogP contribution in [0.2, 0.25) is 0 Å². The predicted molar refractivity (Wildman–Crippen MR) is 55.7 cm³/mol.